The molecule has 1 N–H and O–H groups in total. The maximum absolute atomic E-state index is 4.37. The first-order valence-corrected chi connectivity index (χ1v) is 9.68. The number of aryl methyl sites for hydroxylation is 2. The van der Waals surface area contributed by atoms with Crippen LogP contribution in [0.4, 0.5) is 0 Å². The van der Waals surface area contributed by atoms with E-state index in [1.807, 2.05) is 17.9 Å². The highest BCUT2D eigenvalue weighted by atomic mass is 15.4. The van der Waals surface area contributed by atoms with Crippen LogP contribution in [-0.2, 0) is 13.6 Å². The van der Waals surface area contributed by atoms with Crippen molar-refractivity contribution in [2.24, 2.45) is 7.05 Å². The van der Waals surface area contributed by atoms with Crippen molar-refractivity contribution >= 4 is 0 Å². The second kappa shape index (κ2) is 8.88. The van der Waals surface area contributed by atoms with Gasteiger partial charge in [0.05, 0.1) is 23.3 Å². The quantitative estimate of drug-likeness (QED) is 0.588. The number of nitrogens with zero attached hydrogens (tertiary/aromatic N) is 8. The monoisotopic (exact) mass is 371 g/mol. The molecule has 0 spiro atoms. The van der Waals surface area contributed by atoms with Crippen LogP contribution in [-0.4, -0.2) is 45.4 Å². The Morgan fingerprint density at radius 2 is 1.63 bits per heavy atom. The van der Waals surface area contributed by atoms with Gasteiger partial charge in [0.15, 0.2) is 0 Å². The third-order valence-electron chi connectivity index (χ3n) is 5.26. The van der Waals surface area contributed by atoms with Crippen LogP contribution in [0.1, 0.15) is 81.3 Å². The van der Waals surface area contributed by atoms with E-state index >= 15 is 0 Å². The summed E-state index contributed by atoms with van der Waals surface area (Å²) in [7, 11) is 1.91. The van der Waals surface area contributed by atoms with E-state index in [4.69, 9.17) is 0 Å². The molecule has 0 amide bonds. The van der Waals surface area contributed by atoms with Gasteiger partial charge in [0.1, 0.15) is 0 Å². The summed E-state index contributed by atoms with van der Waals surface area (Å²) < 4.78 is 3.66. The highest BCUT2D eigenvalue weighted by Crippen LogP contribution is 2.32. The topological polar surface area (TPSA) is 103 Å². The Morgan fingerprint density at radius 1 is 0.926 bits per heavy atom. The normalized spacial score (nSPS) is 15.0. The molecule has 3 heterocycles. The van der Waals surface area contributed by atoms with Crippen LogP contribution in [0.15, 0.2) is 18.6 Å². The molecule has 3 rings (SSSR count). The molecule has 3 aromatic rings. The van der Waals surface area contributed by atoms with Crippen LogP contribution >= 0.6 is 0 Å². The Balaban J connectivity index is 1.61. The fourth-order valence-electron chi connectivity index (χ4n) is 3.33. The highest BCUT2D eigenvalue weighted by Gasteiger charge is 2.20. The third-order valence-corrected chi connectivity index (χ3v) is 5.26. The Bertz CT molecular complexity index is 805. The summed E-state index contributed by atoms with van der Waals surface area (Å²) in [6.45, 7) is 7.33. The van der Waals surface area contributed by atoms with E-state index in [1.165, 1.54) is 0 Å². The predicted molar refractivity (Wildman–Crippen MR) is 101 cm³/mol. The van der Waals surface area contributed by atoms with Crippen molar-refractivity contribution in [2.45, 2.75) is 70.8 Å². The molecule has 3 atom stereocenters. The maximum Gasteiger partial charge on any atom is 0.0857 e. The molecule has 3 unspecified atom stereocenters. The lowest BCUT2D eigenvalue weighted by molar-refractivity contribution is 0.472. The van der Waals surface area contributed by atoms with Crippen molar-refractivity contribution < 1.29 is 0 Å². The minimum absolute atomic E-state index is 0.366. The largest absolute Gasteiger partial charge is 0.255 e. The highest BCUT2D eigenvalue weighted by molar-refractivity contribution is 5.06. The number of hydrogen-bond acceptors (Lipinski definition) is 6. The molecular formula is C18H29N9. The van der Waals surface area contributed by atoms with Gasteiger partial charge in [0.25, 0.3) is 0 Å². The number of rotatable bonds is 10. The smallest absolute Gasteiger partial charge is 0.0857 e. The minimum Gasteiger partial charge on any atom is -0.255 e. The summed E-state index contributed by atoms with van der Waals surface area (Å²) in [4.78, 5) is 0. The summed E-state index contributed by atoms with van der Waals surface area (Å²) in [5, 5.41) is 27.8. The second-order valence-electron chi connectivity index (χ2n) is 7.36. The van der Waals surface area contributed by atoms with Crippen LogP contribution in [0.2, 0.25) is 0 Å². The van der Waals surface area contributed by atoms with Gasteiger partial charge in [-0.05, 0) is 32.6 Å². The van der Waals surface area contributed by atoms with Crippen molar-refractivity contribution in [3.8, 4) is 0 Å². The van der Waals surface area contributed by atoms with Crippen LogP contribution < -0.4 is 0 Å². The van der Waals surface area contributed by atoms with Crippen molar-refractivity contribution in [2.75, 3.05) is 0 Å². The molecular weight excluding hydrogens is 342 g/mol. The number of H-pyrrole nitrogens is 1. The van der Waals surface area contributed by atoms with Crippen molar-refractivity contribution in [1.29, 1.82) is 0 Å². The van der Waals surface area contributed by atoms with Gasteiger partial charge < -0.3 is 0 Å². The SMILES string of the molecule is CCn1cc(C(C)CCC(CCC(C)c2cn[nH]n2)c2cn(C)nn2)nn1. The van der Waals surface area contributed by atoms with Crippen LogP contribution in [0, 0.1) is 0 Å². The van der Waals surface area contributed by atoms with E-state index in [0.717, 1.165) is 49.3 Å². The fourth-order valence-corrected chi connectivity index (χ4v) is 3.33. The average molecular weight is 371 g/mol. The lowest BCUT2D eigenvalue weighted by Gasteiger charge is -2.18. The van der Waals surface area contributed by atoms with E-state index in [-0.39, 0.29) is 0 Å². The Morgan fingerprint density at radius 3 is 2.19 bits per heavy atom. The predicted octanol–water partition coefficient (Wildman–Crippen LogP) is 2.80. The fraction of sp³-hybridized carbons (Fsp3) is 0.667. The zero-order valence-electron chi connectivity index (χ0n) is 16.6. The maximum atomic E-state index is 4.37. The summed E-state index contributed by atoms with van der Waals surface area (Å²) in [5.74, 6) is 1.11. The molecule has 0 aliphatic carbocycles. The van der Waals surface area contributed by atoms with Crippen LogP contribution in [0.3, 0.4) is 0 Å². The van der Waals surface area contributed by atoms with Crippen LogP contribution in [0.25, 0.3) is 0 Å². The standard InChI is InChI=1S/C18H29N9/c1-5-27-12-17(21-25-27)14(3)7-9-15(18-11-26(4)24-22-18)8-6-13(2)16-10-19-23-20-16/h10-15H,5-9H2,1-4H3,(H,19,20,23). The lowest BCUT2D eigenvalue weighted by Crippen LogP contribution is -2.06. The summed E-state index contributed by atoms with van der Waals surface area (Å²) in [5.41, 5.74) is 3.14. The number of hydrogen-bond donors (Lipinski definition) is 1. The van der Waals surface area contributed by atoms with Gasteiger partial charge in [-0.1, -0.05) is 24.3 Å². The van der Waals surface area contributed by atoms with Gasteiger partial charge >= 0.3 is 0 Å². The Kier molecular flexibility index (Phi) is 6.31. The Hall–Kier alpha value is -2.58. The summed E-state index contributed by atoms with van der Waals surface area (Å²) in [6.07, 6.45) is 10.1. The molecule has 27 heavy (non-hydrogen) atoms. The van der Waals surface area contributed by atoms with Gasteiger partial charge in [-0.2, -0.15) is 15.4 Å². The lowest BCUT2D eigenvalue weighted by atomic mass is 9.87. The van der Waals surface area contributed by atoms with E-state index in [2.05, 4.69) is 63.0 Å². The molecule has 0 aromatic carbocycles. The van der Waals surface area contributed by atoms with E-state index < -0.39 is 0 Å². The van der Waals surface area contributed by atoms with E-state index in [0.29, 0.717) is 17.8 Å². The van der Waals surface area contributed by atoms with E-state index in [1.54, 1.807) is 10.9 Å². The van der Waals surface area contributed by atoms with Gasteiger partial charge in [-0.15, -0.1) is 10.2 Å². The molecule has 0 saturated carbocycles. The number of aromatic nitrogens is 9. The summed E-state index contributed by atoms with van der Waals surface area (Å²) >= 11 is 0. The molecule has 0 bridgehead atoms. The average Bonchev–Trinajstić information content (AvgIpc) is 3.42. The summed E-state index contributed by atoms with van der Waals surface area (Å²) in [6, 6.07) is 0. The van der Waals surface area contributed by atoms with Crippen molar-refractivity contribution in [3.63, 3.8) is 0 Å². The van der Waals surface area contributed by atoms with Gasteiger partial charge in [0, 0.05) is 43.7 Å². The van der Waals surface area contributed by atoms with Gasteiger partial charge in [-0.3, -0.25) is 9.36 Å². The first-order chi connectivity index (χ1) is 13.1. The van der Waals surface area contributed by atoms with Crippen LogP contribution in [0.5, 0.6) is 0 Å². The van der Waals surface area contributed by atoms with E-state index in [9.17, 15) is 0 Å². The second-order valence-corrected chi connectivity index (χ2v) is 7.36. The molecule has 0 saturated heterocycles. The third kappa shape index (κ3) is 4.99. The number of aromatic amines is 1. The molecule has 0 fully saturated rings. The molecule has 146 valence electrons. The Labute approximate surface area is 159 Å². The molecule has 9 heteroatoms. The van der Waals surface area contributed by atoms with Gasteiger partial charge in [-0.25, -0.2) is 0 Å². The number of nitrogens with one attached hydrogen (secondary N) is 1. The van der Waals surface area contributed by atoms with Crippen molar-refractivity contribution in [1.82, 2.24) is 45.4 Å². The first-order valence-electron chi connectivity index (χ1n) is 9.68. The molecule has 0 radical (unpaired) electrons. The minimum atomic E-state index is 0.366. The first kappa shape index (κ1) is 19.2. The molecule has 0 aliphatic rings. The molecule has 0 aliphatic heterocycles. The van der Waals surface area contributed by atoms with Gasteiger partial charge in [0.2, 0.25) is 0 Å². The zero-order valence-corrected chi connectivity index (χ0v) is 16.6. The van der Waals surface area contributed by atoms with Crippen molar-refractivity contribution in [3.05, 3.63) is 35.7 Å². The molecule has 3 aromatic heterocycles. The molecule has 9 nitrogen and oxygen atoms in total. The zero-order chi connectivity index (χ0) is 19.2.